The maximum atomic E-state index is 5.89. The van der Waals surface area contributed by atoms with Crippen molar-refractivity contribution >= 4 is 33.2 Å². The van der Waals surface area contributed by atoms with Crippen molar-refractivity contribution in [3.63, 3.8) is 0 Å². The maximum absolute atomic E-state index is 5.89. The van der Waals surface area contributed by atoms with Crippen molar-refractivity contribution in [3.8, 4) is 5.88 Å². The van der Waals surface area contributed by atoms with Gasteiger partial charge in [-0.3, -0.25) is 0 Å². The van der Waals surface area contributed by atoms with Crippen molar-refractivity contribution in [2.45, 2.75) is 13.3 Å². The summed E-state index contributed by atoms with van der Waals surface area (Å²) in [5, 5.41) is 1.10. The molecule has 0 N–H and O–H groups in total. The molecule has 110 valence electrons. The van der Waals surface area contributed by atoms with Crippen molar-refractivity contribution in [2.24, 2.45) is 0 Å². The Bertz CT molecular complexity index is 562. The van der Waals surface area contributed by atoms with E-state index in [4.69, 9.17) is 25.8 Å². The number of thiophene rings is 1. The van der Waals surface area contributed by atoms with Gasteiger partial charge in [0, 0.05) is 25.2 Å². The van der Waals surface area contributed by atoms with Crippen LogP contribution in [-0.4, -0.2) is 43.5 Å². The van der Waals surface area contributed by atoms with E-state index in [-0.39, 0.29) is 5.28 Å². The summed E-state index contributed by atoms with van der Waals surface area (Å²) in [7, 11) is 1.68. The van der Waals surface area contributed by atoms with Crippen LogP contribution in [-0.2, 0) is 9.47 Å². The molecule has 5 nitrogen and oxygen atoms in total. The van der Waals surface area contributed by atoms with Gasteiger partial charge in [-0.25, -0.2) is 4.98 Å². The van der Waals surface area contributed by atoms with Crippen LogP contribution in [0.3, 0.4) is 0 Å². The number of methoxy groups -OCH3 is 1. The Morgan fingerprint density at radius 1 is 1.20 bits per heavy atom. The molecule has 0 bridgehead atoms. The quantitative estimate of drug-likeness (QED) is 0.553. The van der Waals surface area contributed by atoms with Crippen molar-refractivity contribution in [2.75, 3.05) is 33.5 Å². The first-order chi connectivity index (χ1) is 9.70. The molecule has 20 heavy (non-hydrogen) atoms. The van der Waals surface area contributed by atoms with Gasteiger partial charge in [0.15, 0.2) is 0 Å². The van der Waals surface area contributed by atoms with Crippen LogP contribution < -0.4 is 4.74 Å². The smallest absolute Gasteiger partial charge is 0.227 e. The maximum Gasteiger partial charge on any atom is 0.227 e. The fourth-order valence-electron chi connectivity index (χ4n) is 1.71. The van der Waals surface area contributed by atoms with Crippen LogP contribution in [0, 0.1) is 6.92 Å². The third-order valence-corrected chi connectivity index (χ3v) is 3.67. The molecule has 2 rings (SSSR count). The molecule has 0 saturated heterocycles. The summed E-state index contributed by atoms with van der Waals surface area (Å²) in [4.78, 5) is 10.3. The third-order valence-electron chi connectivity index (χ3n) is 2.56. The molecular formula is C13H17ClN2O3S. The lowest BCUT2D eigenvalue weighted by Gasteiger charge is -2.07. The highest BCUT2D eigenvalue weighted by Crippen LogP contribution is 2.30. The summed E-state index contributed by atoms with van der Waals surface area (Å²) < 4.78 is 16.0. The second-order valence-corrected chi connectivity index (χ2v) is 5.75. The zero-order valence-corrected chi connectivity index (χ0v) is 13.1. The van der Waals surface area contributed by atoms with E-state index in [9.17, 15) is 0 Å². The second kappa shape index (κ2) is 7.73. The standard InChI is InChI=1S/C13H17ClN2O3S/c1-9-8-10-11(15-13(14)16-12(10)20-9)19-7-6-18-5-3-4-17-2/h8H,3-7H2,1-2H3. The molecule has 0 aromatic carbocycles. The molecule has 2 heterocycles. The van der Waals surface area contributed by atoms with Gasteiger partial charge in [0.05, 0.1) is 12.0 Å². The Morgan fingerprint density at radius 2 is 2.05 bits per heavy atom. The molecule has 0 aliphatic heterocycles. The zero-order valence-electron chi connectivity index (χ0n) is 11.5. The number of hydrogen-bond acceptors (Lipinski definition) is 6. The highest BCUT2D eigenvalue weighted by Gasteiger charge is 2.10. The monoisotopic (exact) mass is 316 g/mol. The molecule has 2 aromatic heterocycles. The minimum Gasteiger partial charge on any atom is -0.475 e. The highest BCUT2D eigenvalue weighted by molar-refractivity contribution is 7.18. The number of halogens is 1. The summed E-state index contributed by atoms with van der Waals surface area (Å²) in [6, 6.07) is 2.01. The van der Waals surface area contributed by atoms with Gasteiger partial charge >= 0.3 is 0 Å². The normalized spacial score (nSPS) is 11.2. The number of aromatic nitrogens is 2. The second-order valence-electron chi connectivity index (χ2n) is 4.18. The number of ether oxygens (including phenoxy) is 3. The molecule has 0 fully saturated rings. The summed E-state index contributed by atoms with van der Waals surface area (Å²) >= 11 is 7.46. The zero-order chi connectivity index (χ0) is 14.4. The van der Waals surface area contributed by atoms with E-state index in [1.54, 1.807) is 18.4 Å². The number of nitrogens with zero attached hydrogens (tertiary/aromatic N) is 2. The van der Waals surface area contributed by atoms with Gasteiger partial charge in [-0.2, -0.15) is 4.98 Å². The molecule has 0 saturated carbocycles. The molecule has 0 unspecified atom stereocenters. The molecule has 0 atom stereocenters. The van der Waals surface area contributed by atoms with E-state index in [0.717, 1.165) is 21.5 Å². The third kappa shape index (κ3) is 4.28. The summed E-state index contributed by atoms with van der Waals surface area (Å²) in [5.74, 6) is 0.518. The lowest BCUT2D eigenvalue weighted by Crippen LogP contribution is -2.09. The van der Waals surface area contributed by atoms with Crippen LogP contribution in [0.2, 0.25) is 5.28 Å². The average Bonchev–Trinajstić information content (AvgIpc) is 2.77. The minimum atomic E-state index is 0.204. The van der Waals surface area contributed by atoms with Crippen LogP contribution in [0.1, 0.15) is 11.3 Å². The Labute approximate surface area is 126 Å². The molecule has 7 heteroatoms. The lowest BCUT2D eigenvalue weighted by molar-refractivity contribution is 0.0799. The van der Waals surface area contributed by atoms with Gasteiger partial charge < -0.3 is 14.2 Å². The largest absolute Gasteiger partial charge is 0.475 e. The predicted molar refractivity (Wildman–Crippen MR) is 80.0 cm³/mol. The van der Waals surface area contributed by atoms with E-state index < -0.39 is 0 Å². The van der Waals surface area contributed by atoms with Crippen molar-refractivity contribution in [1.82, 2.24) is 9.97 Å². The molecule has 2 aromatic rings. The van der Waals surface area contributed by atoms with Gasteiger partial charge in [0.25, 0.3) is 0 Å². The Kier molecular flexibility index (Phi) is 5.97. The van der Waals surface area contributed by atoms with E-state index >= 15 is 0 Å². The molecule has 0 amide bonds. The SMILES string of the molecule is COCCCOCCOc1nc(Cl)nc2sc(C)cc12. The predicted octanol–water partition coefficient (Wildman–Crippen LogP) is 3.09. The molecule has 0 aliphatic rings. The first-order valence-corrected chi connectivity index (χ1v) is 7.53. The summed E-state index contributed by atoms with van der Waals surface area (Å²) in [6.45, 7) is 4.33. The number of rotatable bonds is 8. The van der Waals surface area contributed by atoms with Crippen LogP contribution in [0.5, 0.6) is 5.88 Å². The van der Waals surface area contributed by atoms with E-state index in [1.807, 2.05) is 13.0 Å². The Morgan fingerprint density at radius 3 is 2.85 bits per heavy atom. The van der Waals surface area contributed by atoms with Gasteiger partial charge in [0.2, 0.25) is 11.2 Å². The number of fused-ring (bicyclic) bond motifs is 1. The van der Waals surface area contributed by atoms with Crippen molar-refractivity contribution in [1.29, 1.82) is 0 Å². The Hall–Kier alpha value is -0.950. The molecule has 0 spiro atoms. The fraction of sp³-hybridized carbons (Fsp3) is 0.538. The molecular weight excluding hydrogens is 300 g/mol. The topological polar surface area (TPSA) is 53.5 Å². The van der Waals surface area contributed by atoms with E-state index in [2.05, 4.69) is 9.97 Å². The summed E-state index contributed by atoms with van der Waals surface area (Å²) in [6.07, 6.45) is 0.879. The van der Waals surface area contributed by atoms with Crippen LogP contribution in [0.15, 0.2) is 6.07 Å². The van der Waals surface area contributed by atoms with Crippen LogP contribution >= 0.6 is 22.9 Å². The van der Waals surface area contributed by atoms with Gasteiger partial charge in [-0.1, -0.05) is 0 Å². The van der Waals surface area contributed by atoms with Gasteiger partial charge in [-0.05, 0) is 31.0 Å². The fourth-order valence-corrected chi connectivity index (χ4v) is 2.79. The van der Waals surface area contributed by atoms with Gasteiger partial charge in [-0.15, -0.1) is 11.3 Å². The minimum absolute atomic E-state index is 0.204. The van der Waals surface area contributed by atoms with E-state index in [1.165, 1.54) is 0 Å². The number of hydrogen-bond donors (Lipinski definition) is 0. The average molecular weight is 317 g/mol. The first kappa shape index (κ1) is 15.4. The lowest BCUT2D eigenvalue weighted by atomic mass is 10.3. The Balaban J connectivity index is 1.86. The molecule has 0 aliphatic carbocycles. The van der Waals surface area contributed by atoms with Crippen molar-refractivity contribution in [3.05, 3.63) is 16.2 Å². The van der Waals surface area contributed by atoms with E-state index in [0.29, 0.717) is 32.3 Å². The van der Waals surface area contributed by atoms with Crippen LogP contribution in [0.4, 0.5) is 0 Å². The van der Waals surface area contributed by atoms with Gasteiger partial charge in [0.1, 0.15) is 11.4 Å². The highest BCUT2D eigenvalue weighted by atomic mass is 35.5. The van der Waals surface area contributed by atoms with Crippen molar-refractivity contribution < 1.29 is 14.2 Å². The summed E-state index contributed by atoms with van der Waals surface area (Å²) in [5.41, 5.74) is 0. The first-order valence-electron chi connectivity index (χ1n) is 6.34. The van der Waals surface area contributed by atoms with Crippen LogP contribution in [0.25, 0.3) is 10.2 Å². The number of aryl methyl sites for hydroxylation is 1. The molecule has 0 radical (unpaired) electrons.